The van der Waals surface area contributed by atoms with Crippen LogP contribution < -0.4 is 5.32 Å². The van der Waals surface area contributed by atoms with Gasteiger partial charge in [0.05, 0.1) is 16.4 Å². The highest BCUT2D eigenvalue weighted by atomic mass is 32.1. The number of hydrogen-bond acceptors (Lipinski definition) is 5. The highest BCUT2D eigenvalue weighted by Crippen LogP contribution is 2.20. The van der Waals surface area contributed by atoms with Gasteiger partial charge >= 0.3 is 0 Å². The van der Waals surface area contributed by atoms with Crippen molar-refractivity contribution in [2.75, 3.05) is 6.54 Å². The second-order valence-electron chi connectivity index (χ2n) is 5.43. The van der Waals surface area contributed by atoms with E-state index in [1.807, 2.05) is 23.6 Å². The molecule has 0 radical (unpaired) electrons. The predicted molar refractivity (Wildman–Crippen MR) is 93.8 cm³/mol. The van der Waals surface area contributed by atoms with Crippen LogP contribution in [0.1, 0.15) is 28.3 Å². The van der Waals surface area contributed by atoms with Crippen molar-refractivity contribution in [3.63, 3.8) is 0 Å². The topological polar surface area (TPSA) is 72.7 Å². The number of carbonyl (C=O) groups excluding carboxylic acids is 1. The number of aryl methyl sites for hydroxylation is 2. The third-order valence-corrected chi connectivity index (χ3v) is 4.44. The van der Waals surface area contributed by atoms with Gasteiger partial charge in [-0.1, -0.05) is 6.07 Å². The van der Waals surface area contributed by atoms with Gasteiger partial charge in [0.2, 0.25) is 0 Å². The lowest BCUT2D eigenvalue weighted by molar-refractivity contribution is 0.0947. The Morgan fingerprint density at radius 1 is 1.25 bits per heavy atom. The van der Waals surface area contributed by atoms with Crippen molar-refractivity contribution in [2.24, 2.45) is 7.05 Å². The summed E-state index contributed by atoms with van der Waals surface area (Å²) >= 11 is 1.66. The molecule has 0 spiro atoms. The number of thiazole rings is 1. The summed E-state index contributed by atoms with van der Waals surface area (Å²) in [4.78, 5) is 20.8. The first-order valence-electron chi connectivity index (χ1n) is 7.86. The fraction of sp³-hybridized carbons (Fsp3) is 0.294. The number of hydrogen-bond donors (Lipinski definition) is 1. The third kappa shape index (κ3) is 4.26. The lowest BCUT2D eigenvalue weighted by atomic mass is 10.2. The Morgan fingerprint density at radius 3 is 2.92 bits per heavy atom. The van der Waals surface area contributed by atoms with Gasteiger partial charge in [0.1, 0.15) is 5.69 Å². The fourth-order valence-corrected chi connectivity index (χ4v) is 3.12. The number of nitrogens with zero attached hydrogens (tertiary/aromatic N) is 4. The number of nitrogens with one attached hydrogen (secondary N) is 1. The van der Waals surface area contributed by atoms with Gasteiger partial charge in [-0.15, -0.1) is 11.3 Å². The Bertz CT molecular complexity index is 796. The van der Waals surface area contributed by atoms with Gasteiger partial charge in [-0.05, 0) is 37.5 Å². The predicted octanol–water partition coefficient (Wildman–Crippen LogP) is 2.69. The van der Waals surface area contributed by atoms with Crippen molar-refractivity contribution < 1.29 is 4.79 Å². The van der Waals surface area contributed by atoms with Gasteiger partial charge in [-0.25, -0.2) is 4.98 Å². The van der Waals surface area contributed by atoms with Crippen LogP contribution in [0.25, 0.3) is 11.4 Å². The molecular weight excluding hydrogens is 322 g/mol. The van der Waals surface area contributed by atoms with E-state index in [0.717, 1.165) is 35.7 Å². The molecule has 0 aromatic carbocycles. The largest absolute Gasteiger partial charge is 0.351 e. The first kappa shape index (κ1) is 16.3. The van der Waals surface area contributed by atoms with Gasteiger partial charge < -0.3 is 5.32 Å². The van der Waals surface area contributed by atoms with E-state index < -0.39 is 0 Å². The molecule has 0 aliphatic carbocycles. The zero-order valence-electron chi connectivity index (χ0n) is 13.5. The molecule has 0 saturated carbocycles. The summed E-state index contributed by atoms with van der Waals surface area (Å²) in [5.41, 5.74) is 2.29. The summed E-state index contributed by atoms with van der Waals surface area (Å²) in [5, 5.41) is 10.1. The van der Waals surface area contributed by atoms with E-state index >= 15 is 0 Å². The highest BCUT2D eigenvalue weighted by molar-refractivity contribution is 7.09. The number of carbonyl (C=O) groups is 1. The summed E-state index contributed by atoms with van der Waals surface area (Å²) in [6, 6.07) is 7.54. The van der Waals surface area contributed by atoms with Crippen LogP contribution in [0, 0.1) is 0 Å². The molecule has 0 fully saturated rings. The van der Waals surface area contributed by atoms with E-state index in [2.05, 4.69) is 20.4 Å². The Hall–Kier alpha value is -2.54. The van der Waals surface area contributed by atoms with Gasteiger partial charge in [-0.3, -0.25) is 14.5 Å². The zero-order chi connectivity index (χ0) is 16.8. The second kappa shape index (κ2) is 7.83. The Kier molecular flexibility index (Phi) is 5.32. The maximum Gasteiger partial charge on any atom is 0.271 e. The first-order valence-corrected chi connectivity index (χ1v) is 8.74. The molecule has 124 valence electrons. The van der Waals surface area contributed by atoms with Crippen molar-refractivity contribution in [1.82, 2.24) is 25.1 Å². The minimum atomic E-state index is -0.123. The van der Waals surface area contributed by atoms with Crippen LogP contribution in [0.3, 0.4) is 0 Å². The first-order chi connectivity index (χ1) is 11.7. The lowest BCUT2D eigenvalue weighted by Crippen LogP contribution is -2.25. The molecule has 0 aliphatic heterocycles. The molecule has 0 atom stereocenters. The normalized spacial score (nSPS) is 10.7. The van der Waals surface area contributed by atoms with E-state index in [1.165, 1.54) is 0 Å². The molecule has 24 heavy (non-hydrogen) atoms. The van der Waals surface area contributed by atoms with E-state index in [4.69, 9.17) is 0 Å². The smallest absolute Gasteiger partial charge is 0.271 e. The maximum absolute atomic E-state index is 11.8. The summed E-state index contributed by atoms with van der Waals surface area (Å²) in [6.07, 6.45) is 6.35. The minimum absolute atomic E-state index is 0.123. The third-order valence-electron chi connectivity index (χ3n) is 3.53. The van der Waals surface area contributed by atoms with Crippen molar-refractivity contribution in [2.45, 2.75) is 19.3 Å². The van der Waals surface area contributed by atoms with Crippen molar-refractivity contribution in [1.29, 1.82) is 0 Å². The molecule has 3 aromatic rings. The van der Waals surface area contributed by atoms with Crippen molar-refractivity contribution in [3.05, 3.63) is 52.7 Å². The van der Waals surface area contributed by atoms with Gasteiger partial charge in [0.15, 0.2) is 0 Å². The zero-order valence-corrected chi connectivity index (χ0v) is 14.3. The SMILES string of the molecule is Cn1ccc(C(=O)NCCCCc2nc(-c3ccccn3)cs2)n1. The standard InChI is InChI=1S/C17H19N5OS/c1-22-11-8-14(21-22)17(23)19-10-5-3-7-16-20-15(12-24-16)13-6-2-4-9-18-13/h2,4,6,8-9,11-12H,3,5,7,10H2,1H3,(H,19,23). The molecular formula is C17H19N5OS. The van der Waals surface area contributed by atoms with Gasteiger partial charge in [0.25, 0.3) is 5.91 Å². The summed E-state index contributed by atoms with van der Waals surface area (Å²) in [7, 11) is 1.80. The van der Waals surface area contributed by atoms with Crippen LogP contribution in [0.15, 0.2) is 42.0 Å². The van der Waals surface area contributed by atoms with E-state index in [1.54, 1.807) is 41.5 Å². The highest BCUT2D eigenvalue weighted by Gasteiger charge is 2.08. The summed E-state index contributed by atoms with van der Waals surface area (Å²) < 4.78 is 1.62. The van der Waals surface area contributed by atoms with Gasteiger partial charge in [-0.2, -0.15) is 5.10 Å². The molecule has 1 amide bonds. The fourth-order valence-electron chi connectivity index (χ4n) is 2.29. The Labute approximate surface area is 144 Å². The molecule has 0 aliphatic rings. The van der Waals surface area contributed by atoms with E-state index in [-0.39, 0.29) is 5.91 Å². The number of unbranched alkanes of at least 4 members (excludes halogenated alkanes) is 1. The molecule has 7 heteroatoms. The maximum atomic E-state index is 11.8. The van der Waals surface area contributed by atoms with Crippen LogP contribution >= 0.6 is 11.3 Å². The summed E-state index contributed by atoms with van der Waals surface area (Å²) in [6.45, 7) is 0.647. The average Bonchev–Trinajstić information content (AvgIpc) is 3.24. The van der Waals surface area contributed by atoms with Gasteiger partial charge in [0, 0.05) is 31.4 Å². The summed E-state index contributed by atoms with van der Waals surface area (Å²) in [5.74, 6) is -0.123. The molecule has 6 nitrogen and oxygen atoms in total. The van der Waals surface area contributed by atoms with Crippen molar-refractivity contribution in [3.8, 4) is 11.4 Å². The quantitative estimate of drug-likeness (QED) is 0.671. The Morgan fingerprint density at radius 2 is 2.17 bits per heavy atom. The van der Waals surface area contributed by atoms with Crippen LogP contribution in [0.4, 0.5) is 0 Å². The Balaban J connectivity index is 1.39. The van der Waals surface area contributed by atoms with Crippen LogP contribution in [-0.4, -0.2) is 32.2 Å². The van der Waals surface area contributed by atoms with Crippen molar-refractivity contribution >= 4 is 17.2 Å². The molecule has 3 rings (SSSR count). The molecule has 1 N–H and O–H groups in total. The average molecular weight is 341 g/mol. The number of rotatable bonds is 7. The molecule has 3 aromatic heterocycles. The van der Waals surface area contributed by atoms with Crippen LogP contribution in [0.2, 0.25) is 0 Å². The molecule has 0 saturated heterocycles. The monoisotopic (exact) mass is 341 g/mol. The number of aromatic nitrogens is 4. The molecule has 0 bridgehead atoms. The minimum Gasteiger partial charge on any atom is -0.351 e. The lowest BCUT2D eigenvalue weighted by Gasteiger charge is -2.02. The van der Waals surface area contributed by atoms with E-state index in [9.17, 15) is 4.79 Å². The molecule has 0 unspecified atom stereocenters. The van der Waals surface area contributed by atoms with Crippen LogP contribution in [-0.2, 0) is 13.5 Å². The number of amides is 1. The number of pyridine rings is 1. The van der Waals surface area contributed by atoms with Crippen LogP contribution in [0.5, 0.6) is 0 Å². The molecule has 3 heterocycles. The van der Waals surface area contributed by atoms with E-state index in [0.29, 0.717) is 12.2 Å². The second-order valence-corrected chi connectivity index (χ2v) is 6.37.